The molecule has 0 spiro atoms. The average Bonchev–Trinajstić information content (AvgIpc) is 2.62. The van der Waals surface area contributed by atoms with Gasteiger partial charge < -0.3 is 10.6 Å². The number of hydrogen-bond donors (Lipinski definition) is 1. The number of benzene rings is 1. The van der Waals surface area contributed by atoms with E-state index in [2.05, 4.69) is 23.7 Å². The predicted octanol–water partition coefficient (Wildman–Crippen LogP) is 3.04. The van der Waals surface area contributed by atoms with Crippen LogP contribution in [0.5, 0.6) is 0 Å². The number of nitrogens with two attached hydrogens (primary N) is 1. The Kier molecular flexibility index (Phi) is 11.5. The van der Waals surface area contributed by atoms with E-state index in [9.17, 15) is 8.42 Å². The normalized spacial score (nSPS) is 11.1. The minimum Gasteiger partial charge on any atom is -0.399 e. The molecule has 0 saturated heterocycles. The summed E-state index contributed by atoms with van der Waals surface area (Å²) in [6.07, 6.45) is 3.38. The van der Waals surface area contributed by atoms with Crippen LogP contribution in [-0.4, -0.2) is 48.8 Å². The van der Waals surface area contributed by atoms with Crippen LogP contribution in [0.3, 0.4) is 0 Å². The molecule has 1 aromatic carbocycles. The highest BCUT2D eigenvalue weighted by molar-refractivity contribution is 7.89. The third kappa shape index (κ3) is 7.27. The maximum atomic E-state index is 13.1. The zero-order valence-electron chi connectivity index (χ0n) is 15.6. The first-order chi connectivity index (χ1) is 12.0. The summed E-state index contributed by atoms with van der Waals surface area (Å²) in [5.41, 5.74) is 7.09. The lowest BCUT2D eigenvalue weighted by Crippen LogP contribution is -2.38. The van der Waals surface area contributed by atoms with Crippen LogP contribution in [0.2, 0.25) is 0 Å². The Morgan fingerprint density at radius 2 is 1.63 bits per heavy atom. The summed E-state index contributed by atoms with van der Waals surface area (Å²) < 4.78 is 27.7. The monoisotopic (exact) mass is 434 g/mol. The van der Waals surface area contributed by atoms with E-state index in [0.717, 1.165) is 18.7 Å². The summed E-state index contributed by atoms with van der Waals surface area (Å²) in [4.78, 5) is 6.54. The van der Waals surface area contributed by atoms with Crippen LogP contribution in [0.25, 0.3) is 0 Å². The van der Waals surface area contributed by atoms with Gasteiger partial charge in [-0.1, -0.05) is 19.9 Å². The maximum Gasteiger partial charge on any atom is 0.243 e. The molecule has 2 rings (SSSR count). The Bertz CT molecular complexity index is 755. The number of sulfonamides is 1. The van der Waals surface area contributed by atoms with Gasteiger partial charge >= 0.3 is 0 Å². The first kappa shape index (κ1) is 25.6. The second-order valence-corrected chi connectivity index (χ2v) is 7.73. The Morgan fingerprint density at radius 3 is 2.15 bits per heavy atom. The second-order valence-electron chi connectivity index (χ2n) is 5.80. The smallest absolute Gasteiger partial charge is 0.243 e. The molecule has 2 aromatic rings. The van der Waals surface area contributed by atoms with E-state index in [-0.39, 0.29) is 29.7 Å². The fourth-order valence-electron chi connectivity index (χ4n) is 2.56. The number of hydrogen-bond acceptors (Lipinski definition) is 5. The molecule has 0 aliphatic heterocycles. The molecule has 0 fully saturated rings. The van der Waals surface area contributed by atoms with Gasteiger partial charge in [0, 0.05) is 37.7 Å². The molecule has 0 unspecified atom stereocenters. The van der Waals surface area contributed by atoms with Crippen molar-refractivity contribution >= 4 is 40.5 Å². The lowest BCUT2D eigenvalue weighted by Gasteiger charge is -2.26. The van der Waals surface area contributed by atoms with Crippen LogP contribution in [0, 0.1) is 0 Å². The number of pyridine rings is 1. The van der Waals surface area contributed by atoms with E-state index in [4.69, 9.17) is 5.73 Å². The van der Waals surface area contributed by atoms with Crippen LogP contribution in [0.1, 0.15) is 19.4 Å². The van der Waals surface area contributed by atoms with Gasteiger partial charge in [-0.25, -0.2) is 8.42 Å². The fraction of sp³-hybridized carbons (Fsp3) is 0.389. The summed E-state index contributed by atoms with van der Waals surface area (Å²) in [6, 6.07) is 10.0. The van der Waals surface area contributed by atoms with Crippen LogP contribution in [-0.2, 0) is 16.6 Å². The number of nitrogens with zero attached hydrogens (tertiary/aromatic N) is 3. The lowest BCUT2D eigenvalue weighted by molar-refractivity contribution is 0.268. The van der Waals surface area contributed by atoms with Crippen LogP contribution in [0.4, 0.5) is 5.69 Å². The Balaban J connectivity index is 0.00000338. The van der Waals surface area contributed by atoms with Gasteiger partial charge in [0.15, 0.2) is 0 Å². The first-order valence-electron chi connectivity index (χ1n) is 8.44. The van der Waals surface area contributed by atoms with Crippen molar-refractivity contribution in [2.24, 2.45) is 0 Å². The molecule has 152 valence electrons. The molecule has 0 aliphatic rings. The van der Waals surface area contributed by atoms with Crippen molar-refractivity contribution in [3.05, 3.63) is 54.4 Å². The van der Waals surface area contributed by atoms with Crippen molar-refractivity contribution in [2.45, 2.75) is 25.3 Å². The zero-order chi connectivity index (χ0) is 18.3. The Hall–Kier alpha value is -1.38. The lowest BCUT2D eigenvalue weighted by atomic mass is 10.3. The van der Waals surface area contributed by atoms with Gasteiger partial charge in [-0.05, 0) is 49.0 Å². The summed E-state index contributed by atoms with van der Waals surface area (Å²) in [6.45, 7) is 7.32. The molecular formula is C18H28Cl2N4O2S. The molecule has 27 heavy (non-hydrogen) atoms. The molecule has 9 heteroatoms. The van der Waals surface area contributed by atoms with Crippen molar-refractivity contribution in [2.75, 3.05) is 31.9 Å². The molecule has 0 radical (unpaired) electrons. The van der Waals surface area contributed by atoms with E-state index in [0.29, 0.717) is 25.3 Å². The molecule has 0 atom stereocenters. The van der Waals surface area contributed by atoms with Crippen molar-refractivity contribution < 1.29 is 8.42 Å². The molecule has 6 nitrogen and oxygen atoms in total. The fourth-order valence-corrected chi connectivity index (χ4v) is 3.98. The molecular weight excluding hydrogens is 407 g/mol. The number of aromatic nitrogens is 1. The first-order valence-corrected chi connectivity index (χ1v) is 9.88. The predicted molar refractivity (Wildman–Crippen MR) is 115 cm³/mol. The van der Waals surface area contributed by atoms with E-state index < -0.39 is 10.0 Å². The van der Waals surface area contributed by atoms with Crippen molar-refractivity contribution in [1.29, 1.82) is 0 Å². The van der Waals surface area contributed by atoms with Gasteiger partial charge in [0.05, 0.1) is 4.90 Å². The zero-order valence-corrected chi connectivity index (χ0v) is 18.1. The minimum atomic E-state index is -3.60. The third-order valence-electron chi connectivity index (χ3n) is 4.16. The van der Waals surface area contributed by atoms with Crippen LogP contribution >= 0.6 is 24.8 Å². The minimum absolute atomic E-state index is 0. The summed E-state index contributed by atoms with van der Waals surface area (Å²) >= 11 is 0. The van der Waals surface area contributed by atoms with Gasteiger partial charge in [-0.15, -0.1) is 24.8 Å². The highest BCUT2D eigenvalue weighted by Gasteiger charge is 2.25. The van der Waals surface area contributed by atoms with E-state index in [1.807, 2.05) is 12.1 Å². The highest BCUT2D eigenvalue weighted by Crippen LogP contribution is 2.19. The van der Waals surface area contributed by atoms with Gasteiger partial charge in [0.1, 0.15) is 0 Å². The largest absolute Gasteiger partial charge is 0.399 e. The Morgan fingerprint density at radius 1 is 1.00 bits per heavy atom. The molecule has 0 amide bonds. The van der Waals surface area contributed by atoms with Gasteiger partial charge in [-0.3, -0.25) is 4.98 Å². The maximum absolute atomic E-state index is 13.1. The molecule has 0 saturated carbocycles. The summed E-state index contributed by atoms with van der Waals surface area (Å²) in [7, 11) is -3.60. The van der Waals surface area contributed by atoms with E-state index >= 15 is 0 Å². The highest BCUT2D eigenvalue weighted by atomic mass is 35.5. The van der Waals surface area contributed by atoms with Crippen LogP contribution < -0.4 is 5.73 Å². The molecule has 1 heterocycles. The van der Waals surface area contributed by atoms with Gasteiger partial charge in [0.25, 0.3) is 0 Å². The summed E-state index contributed by atoms with van der Waals surface area (Å²) in [5, 5.41) is 0. The molecule has 0 aliphatic carbocycles. The third-order valence-corrected chi connectivity index (χ3v) is 6.02. The molecule has 1 aromatic heterocycles. The van der Waals surface area contributed by atoms with Gasteiger partial charge in [-0.2, -0.15) is 4.31 Å². The molecule has 0 bridgehead atoms. The second kappa shape index (κ2) is 12.2. The van der Waals surface area contributed by atoms with Crippen LogP contribution in [0.15, 0.2) is 53.7 Å². The van der Waals surface area contributed by atoms with Crippen molar-refractivity contribution in [3.63, 3.8) is 0 Å². The number of likely N-dealkylation sites (N-methyl/N-ethyl adjacent to an activating group) is 1. The number of nitrogen functional groups attached to an aromatic ring is 1. The van der Waals surface area contributed by atoms with Crippen molar-refractivity contribution in [1.82, 2.24) is 14.2 Å². The van der Waals surface area contributed by atoms with E-state index in [1.54, 1.807) is 36.7 Å². The standard InChI is InChI=1S/C18H26N4O2S.2ClH/c1-3-21(4-2)12-13-22(15-16-6-5-11-20-14-16)25(23,24)18-9-7-17(19)8-10-18;;/h5-11,14H,3-4,12-13,15,19H2,1-2H3;2*1H. The quantitative estimate of drug-likeness (QED) is 0.613. The summed E-state index contributed by atoms with van der Waals surface area (Å²) in [5.74, 6) is 0. The Labute approximate surface area is 174 Å². The SMILES string of the molecule is CCN(CC)CCN(Cc1cccnc1)S(=O)(=O)c1ccc(N)cc1.Cl.Cl. The number of halogens is 2. The number of anilines is 1. The molecule has 2 N–H and O–H groups in total. The topological polar surface area (TPSA) is 79.5 Å². The average molecular weight is 435 g/mol. The van der Waals surface area contributed by atoms with Crippen molar-refractivity contribution in [3.8, 4) is 0 Å². The van der Waals surface area contributed by atoms with Gasteiger partial charge in [0.2, 0.25) is 10.0 Å². The van der Waals surface area contributed by atoms with E-state index in [1.165, 1.54) is 4.31 Å². The number of rotatable bonds is 9.